The van der Waals surface area contributed by atoms with Crippen LogP contribution in [0.3, 0.4) is 0 Å². The van der Waals surface area contributed by atoms with E-state index in [2.05, 4.69) is 15.0 Å². The molecule has 1 aromatic rings. The van der Waals surface area contributed by atoms with Crippen LogP contribution in [0.15, 0.2) is 6.20 Å². The first kappa shape index (κ1) is 10.1. The maximum Gasteiger partial charge on any atom is 0.324 e. The van der Waals surface area contributed by atoms with Crippen LogP contribution in [0, 0.1) is 0 Å². The molecule has 0 radical (unpaired) electrons. The summed E-state index contributed by atoms with van der Waals surface area (Å²) in [5.74, 6) is 0.131. The van der Waals surface area contributed by atoms with E-state index in [-0.39, 0.29) is 0 Å². The molecule has 0 bridgehead atoms. The number of carbonyl (C=O) groups is 1. The minimum absolute atomic E-state index is 0.312. The van der Waals surface area contributed by atoms with Crippen LogP contribution in [0.1, 0.15) is 24.5 Å². The first-order chi connectivity index (χ1) is 7.20. The van der Waals surface area contributed by atoms with Crippen LogP contribution in [0.4, 0.5) is 0 Å². The Morgan fingerprint density at radius 3 is 3.13 bits per heavy atom. The average molecular weight is 210 g/mol. The standard InChI is InChI=1S/C9H14N4O2/c1-15-9(14)7(10)4-13-5-8(11-12-13)6-2-3-6/h5-7H,2-4,10H2,1H3/t7-/m0/s1. The SMILES string of the molecule is COC(=O)[C@@H](N)Cn1cc(C2CC2)nn1. The molecule has 0 aromatic carbocycles. The maximum atomic E-state index is 11.1. The summed E-state index contributed by atoms with van der Waals surface area (Å²) in [4.78, 5) is 11.1. The summed E-state index contributed by atoms with van der Waals surface area (Å²) in [5.41, 5.74) is 6.59. The van der Waals surface area contributed by atoms with Crippen molar-refractivity contribution in [1.82, 2.24) is 15.0 Å². The van der Waals surface area contributed by atoms with Gasteiger partial charge in [0.25, 0.3) is 0 Å². The summed E-state index contributed by atoms with van der Waals surface area (Å²) in [6.45, 7) is 0.312. The zero-order chi connectivity index (χ0) is 10.8. The molecule has 6 nitrogen and oxygen atoms in total. The molecule has 0 amide bonds. The molecule has 0 unspecified atom stereocenters. The van der Waals surface area contributed by atoms with Gasteiger partial charge in [0.2, 0.25) is 0 Å². The number of methoxy groups -OCH3 is 1. The van der Waals surface area contributed by atoms with Gasteiger partial charge in [0.15, 0.2) is 0 Å². The number of hydrogen-bond acceptors (Lipinski definition) is 5. The van der Waals surface area contributed by atoms with E-state index in [1.54, 1.807) is 4.68 Å². The zero-order valence-corrected chi connectivity index (χ0v) is 8.59. The molecule has 1 saturated carbocycles. The molecule has 6 heteroatoms. The van der Waals surface area contributed by atoms with Crippen molar-refractivity contribution in [2.45, 2.75) is 31.3 Å². The molecular weight excluding hydrogens is 196 g/mol. The number of esters is 1. The molecule has 15 heavy (non-hydrogen) atoms. The molecule has 1 aromatic heterocycles. The average Bonchev–Trinajstić information content (AvgIpc) is 2.99. The number of carbonyl (C=O) groups excluding carboxylic acids is 1. The molecule has 1 heterocycles. The van der Waals surface area contributed by atoms with Gasteiger partial charge in [-0.3, -0.25) is 9.48 Å². The normalized spacial score (nSPS) is 17.5. The van der Waals surface area contributed by atoms with E-state index in [9.17, 15) is 4.79 Å². The van der Waals surface area contributed by atoms with Crippen molar-refractivity contribution in [2.75, 3.05) is 7.11 Å². The van der Waals surface area contributed by atoms with Crippen LogP contribution in [-0.2, 0) is 16.1 Å². The maximum absolute atomic E-state index is 11.1. The monoisotopic (exact) mass is 210 g/mol. The van der Waals surface area contributed by atoms with Crippen LogP contribution in [-0.4, -0.2) is 34.1 Å². The lowest BCUT2D eigenvalue weighted by Gasteiger charge is -2.07. The van der Waals surface area contributed by atoms with Crippen LogP contribution in [0.5, 0.6) is 0 Å². The molecular formula is C9H14N4O2. The summed E-state index contributed by atoms with van der Waals surface area (Å²) < 4.78 is 6.12. The Morgan fingerprint density at radius 2 is 2.53 bits per heavy atom. The summed E-state index contributed by atoms with van der Waals surface area (Å²) in [5, 5.41) is 7.93. The minimum Gasteiger partial charge on any atom is -0.468 e. The fourth-order valence-corrected chi connectivity index (χ4v) is 1.40. The Morgan fingerprint density at radius 1 is 1.80 bits per heavy atom. The Balaban J connectivity index is 1.94. The van der Waals surface area contributed by atoms with Gasteiger partial charge in [-0.25, -0.2) is 0 Å². The summed E-state index contributed by atoms with van der Waals surface area (Å²) in [7, 11) is 1.32. The van der Waals surface area contributed by atoms with Gasteiger partial charge >= 0.3 is 5.97 Å². The second-order valence-electron chi connectivity index (χ2n) is 3.77. The summed E-state index contributed by atoms with van der Waals surface area (Å²) in [6, 6.07) is -0.677. The van der Waals surface area contributed by atoms with Gasteiger partial charge in [0, 0.05) is 12.1 Å². The molecule has 1 fully saturated rings. The van der Waals surface area contributed by atoms with Crippen molar-refractivity contribution in [3.63, 3.8) is 0 Å². The fraction of sp³-hybridized carbons (Fsp3) is 0.667. The second kappa shape index (κ2) is 3.98. The lowest BCUT2D eigenvalue weighted by atomic mass is 10.3. The largest absolute Gasteiger partial charge is 0.468 e. The number of nitrogens with zero attached hydrogens (tertiary/aromatic N) is 3. The van der Waals surface area contributed by atoms with Gasteiger partial charge in [0.1, 0.15) is 6.04 Å². The molecule has 0 aliphatic heterocycles. The second-order valence-corrected chi connectivity index (χ2v) is 3.77. The molecule has 1 atom stereocenters. The van der Waals surface area contributed by atoms with Crippen molar-refractivity contribution in [3.05, 3.63) is 11.9 Å². The highest BCUT2D eigenvalue weighted by Crippen LogP contribution is 2.38. The van der Waals surface area contributed by atoms with E-state index in [1.807, 2.05) is 6.20 Å². The Kier molecular flexibility index (Phi) is 2.68. The third-order valence-corrected chi connectivity index (χ3v) is 2.44. The molecule has 2 N–H and O–H groups in total. The summed E-state index contributed by atoms with van der Waals surface area (Å²) in [6.07, 6.45) is 4.21. The topological polar surface area (TPSA) is 83.0 Å². The van der Waals surface area contributed by atoms with Gasteiger partial charge in [0.05, 0.1) is 19.3 Å². The molecule has 2 rings (SSSR count). The Hall–Kier alpha value is -1.43. The van der Waals surface area contributed by atoms with Crippen LogP contribution in [0.25, 0.3) is 0 Å². The number of ether oxygens (including phenoxy) is 1. The van der Waals surface area contributed by atoms with Gasteiger partial charge in [-0.1, -0.05) is 5.21 Å². The number of nitrogens with two attached hydrogens (primary N) is 1. The minimum atomic E-state index is -0.677. The van der Waals surface area contributed by atoms with E-state index in [1.165, 1.54) is 20.0 Å². The molecule has 1 aliphatic carbocycles. The fourth-order valence-electron chi connectivity index (χ4n) is 1.40. The molecule has 0 saturated heterocycles. The van der Waals surface area contributed by atoms with Crippen molar-refractivity contribution in [1.29, 1.82) is 0 Å². The van der Waals surface area contributed by atoms with Crippen LogP contribution in [0.2, 0.25) is 0 Å². The van der Waals surface area contributed by atoms with Gasteiger partial charge in [-0.05, 0) is 12.8 Å². The predicted octanol–water partition coefficient (Wildman–Crippen LogP) is -0.344. The van der Waals surface area contributed by atoms with Crippen molar-refractivity contribution >= 4 is 5.97 Å². The molecule has 1 aliphatic rings. The van der Waals surface area contributed by atoms with Crippen molar-refractivity contribution in [2.24, 2.45) is 5.73 Å². The Bertz CT molecular complexity index is 359. The first-order valence-corrected chi connectivity index (χ1v) is 4.94. The predicted molar refractivity (Wildman–Crippen MR) is 52.0 cm³/mol. The van der Waals surface area contributed by atoms with Crippen LogP contribution >= 0.6 is 0 Å². The van der Waals surface area contributed by atoms with E-state index in [4.69, 9.17) is 5.73 Å². The number of hydrogen-bond donors (Lipinski definition) is 1. The third-order valence-electron chi connectivity index (χ3n) is 2.44. The lowest BCUT2D eigenvalue weighted by molar-refractivity contribution is -0.142. The number of aromatic nitrogens is 3. The van der Waals surface area contributed by atoms with Gasteiger partial charge in [-0.2, -0.15) is 0 Å². The molecule has 82 valence electrons. The van der Waals surface area contributed by atoms with Gasteiger partial charge < -0.3 is 10.5 Å². The first-order valence-electron chi connectivity index (χ1n) is 4.94. The van der Waals surface area contributed by atoms with Crippen molar-refractivity contribution in [3.8, 4) is 0 Å². The molecule has 0 spiro atoms. The highest BCUT2D eigenvalue weighted by atomic mass is 16.5. The van der Waals surface area contributed by atoms with E-state index in [0.29, 0.717) is 12.5 Å². The summed E-state index contributed by atoms with van der Waals surface area (Å²) >= 11 is 0. The highest BCUT2D eigenvalue weighted by Gasteiger charge is 2.27. The lowest BCUT2D eigenvalue weighted by Crippen LogP contribution is -2.36. The van der Waals surface area contributed by atoms with E-state index in [0.717, 1.165) is 5.69 Å². The van der Waals surface area contributed by atoms with Crippen LogP contribution < -0.4 is 5.73 Å². The highest BCUT2D eigenvalue weighted by molar-refractivity contribution is 5.75. The third kappa shape index (κ3) is 2.33. The van der Waals surface area contributed by atoms with Gasteiger partial charge in [-0.15, -0.1) is 5.10 Å². The van der Waals surface area contributed by atoms with E-state index >= 15 is 0 Å². The number of rotatable bonds is 4. The van der Waals surface area contributed by atoms with E-state index < -0.39 is 12.0 Å². The Labute approximate surface area is 87.4 Å². The quantitative estimate of drug-likeness (QED) is 0.687. The smallest absolute Gasteiger partial charge is 0.324 e. The zero-order valence-electron chi connectivity index (χ0n) is 8.59. The van der Waals surface area contributed by atoms with Crippen molar-refractivity contribution < 1.29 is 9.53 Å².